The minimum Gasteiger partial charge on any atom is -0.278 e. The first-order valence-electron chi connectivity index (χ1n) is 6.22. The summed E-state index contributed by atoms with van der Waals surface area (Å²) in [5.74, 6) is -0.508. The molecule has 20 heavy (non-hydrogen) atoms. The van der Waals surface area contributed by atoms with Crippen molar-refractivity contribution in [3.05, 3.63) is 38.3 Å². The number of carbonyl (C=O) groups is 2. The molecule has 1 aromatic carbocycles. The van der Waals surface area contributed by atoms with Crippen LogP contribution in [0.25, 0.3) is 0 Å². The van der Waals surface area contributed by atoms with Crippen molar-refractivity contribution in [1.29, 1.82) is 0 Å². The van der Waals surface area contributed by atoms with Gasteiger partial charge in [-0.05, 0) is 34.0 Å². The van der Waals surface area contributed by atoms with Crippen LogP contribution in [-0.2, 0) is 4.79 Å². The first-order valence-corrected chi connectivity index (χ1v) is 7.02. The summed E-state index contributed by atoms with van der Waals surface area (Å²) in [7, 11) is 0. The van der Waals surface area contributed by atoms with E-state index < -0.39 is 10.8 Å². The van der Waals surface area contributed by atoms with Crippen LogP contribution in [0.2, 0.25) is 0 Å². The van der Waals surface area contributed by atoms with Gasteiger partial charge < -0.3 is 0 Å². The van der Waals surface area contributed by atoms with Crippen LogP contribution in [0, 0.1) is 16.0 Å². The molecular weight excluding hydrogens is 328 g/mol. The smallest absolute Gasteiger partial charge is 0.278 e. The number of carbonyl (C=O) groups excluding carboxylic acids is 2. The van der Waals surface area contributed by atoms with Crippen molar-refractivity contribution in [2.45, 2.75) is 19.8 Å². The largest absolute Gasteiger partial charge is 0.284 e. The van der Waals surface area contributed by atoms with Crippen molar-refractivity contribution in [3.63, 3.8) is 0 Å². The maximum atomic E-state index is 12.3. The molecule has 106 valence electrons. The number of hydrogen-bond acceptors (Lipinski definition) is 4. The van der Waals surface area contributed by atoms with E-state index in [-0.39, 0.29) is 23.1 Å². The third-order valence-corrected chi connectivity index (χ3v) is 4.09. The van der Waals surface area contributed by atoms with Crippen LogP contribution >= 0.6 is 15.9 Å². The summed E-state index contributed by atoms with van der Waals surface area (Å²) in [4.78, 5) is 35.6. The molecular formula is C13H13BrN2O4. The van der Waals surface area contributed by atoms with E-state index >= 15 is 0 Å². The second kappa shape index (κ2) is 5.70. The number of nitrogens with zero attached hydrogens (tertiary/aromatic N) is 2. The van der Waals surface area contributed by atoms with Crippen molar-refractivity contribution in [2.24, 2.45) is 5.92 Å². The summed E-state index contributed by atoms with van der Waals surface area (Å²) in [6, 6.07) is 4.12. The van der Waals surface area contributed by atoms with Gasteiger partial charge in [0, 0.05) is 24.6 Å². The summed E-state index contributed by atoms with van der Waals surface area (Å²) in [5, 5.41) is 10.9. The third kappa shape index (κ3) is 2.72. The number of benzene rings is 1. The van der Waals surface area contributed by atoms with Crippen LogP contribution < -0.4 is 0 Å². The van der Waals surface area contributed by atoms with Gasteiger partial charge >= 0.3 is 0 Å². The van der Waals surface area contributed by atoms with Gasteiger partial charge in [-0.3, -0.25) is 24.6 Å². The number of halogens is 1. The minimum absolute atomic E-state index is 0.157. The standard InChI is InChI=1S/C13H13BrN2O4/c1-2-8-5-12(17)15(7-8)13(18)9-3-4-10(14)11(6-9)16(19)20/h3-4,6,8H,2,5,7H2,1H3. The molecule has 0 aromatic heterocycles. The Balaban J connectivity index is 2.28. The summed E-state index contributed by atoms with van der Waals surface area (Å²) in [6.45, 7) is 2.36. The van der Waals surface area contributed by atoms with Crippen molar-refractivity contribution >= 4 is 33.4 Å². The third-order valence-electron chi connectivity index (χ3n) is 3.42. The van der Waals surface area contributed by atoms with E-state index in [0.29, 0.717) is 17.4 Å². The average molecular weight is 341 g/mol. The van der Waals surface area contributed by atoms with Gasteiger partial charge in [0.1, 0.15) is 0 Å². The Hall–Kier alpha value is -1.76. The first-order chi connectivity index (χ1) is 9.43. The topological polar surface area (TPSA) is 80.5 Å². The number of amides is 2. The first kappa shape index (κ1) is 14.6. The van der Waals surface area contributed by atoms with Crippen LogP contribution in [0.15, 0.2) is 22.7 Å². The number of nitro groups is 1. The van der Waals surface area contributed by atoms with Crippen LogP contribution in [0.3, 0.4) is 0 Å². The van der Waals surface area contributed by atoms with Gasteiger partial charge in [0.15, 0.2) is 0 Å². The van der Waals surface area contributed by atoms with Gasteiger partial charge in [-0.25, -0.2) is 0 Å². The molecule has 0 radical (unpaired) electrons. The molecule has 1 saturated heterocycles. The number of likely N-dealkylation sites (tertiary alicyclic amines) is 1. The highest BCUT2D eigenvalue weighted by Gasteiger charge is 2.33. The molecule has 2 rings (SSSR count). The molecule has 0 aliphatic carbocycles. The lowest BCUT2D eigenvalue weighted by molar-refractivity contribution is -0.385. The Kier molecular flexibility index (Phi) is 4.17. The zero-order chi connectivity index (χ0) is 14.9. The van der Waals surface area contributed by atoms with Crippen LogP contribution in [-0.4, -0.2) is 28.2 Å². The Morgan fingerprint density at radius 3 is 2.80 bits per heavy atom. The number of nitro benzene ring substituents is 1. The second-order valence-corrected chi connectivity index (χ2v) is 5.57. The predicted molar refractivity (Wildman–Crippen MR) is 75.2 cm³/mol. The predicted octanol–water partition coefficient (Wildman–Crippen LogP) is 2.76. The summed E-state index contributed by atoms with van der Waals surface area (Å²) in [5.41, 5.74) is -0.0282. The summed E-state index contributed by atoms with van der Waals surface area (Å²) < 4.78 is 0.304. The molecule has 6 nitrogen and oxygen atoms in total. The lowest BCUT2D eigenvalue weighted by atomic mass is 10.1. The quantitative estimate of drug-likeness (QED) is 0.481. The van der Waals surface area contributed by atoms with Crippen molar-refractivity contribution < 1.29 is 14.5 Å². The fourth-order valence-electron chi connectivity index (χ4n) is 2.19. The van der Waals surface area contributed by atoms with E-state index in [1.54, 1.807) is 0 Å². The molecule has 0 bridgehead atoms. The molecule has 1 unspecified atom stereocenters. The molecule has 1 aliphatic heterocycles. The summed E-state index contributed by atoms with van der Waals surface area (Å²) >= 11 is 3.06. The van der Waals surface area contributed by atoms with Gasteiger partial charge in [0.05, 0.1) is 9.40 Å². The molecule has 7 heteroatoms. The monoisotopic (exact) mass is 340 g/mol. The number of hydrogen-bond donors (Lipinski definition) is 0. The van der Waals surface area contributed by atoms with E-state index in [1.165, 1.54) is 23.1 Å². The molecule has 1 heterocycles. The fraction of sp³-hybridized carbons (Fsp3) is 0.385. The van der Waals surface area contributed by atoms with Crippen molar-refractivity contribution in [2.75, 3.05) is 6.54 Å². The zero-order valence-corrected chi connectivity index (χ0v) is 12.4. The molecule has 1 aliphatic rings. The van der Waals surface area contributed by atoms with Crippen molar-refractivity contribution in [3.8, 4) is 0 Å². The van der Waals surface area contributed by atoms with Crippen LogP contribution in [0.4, 0.5) is 5.69 Å². The highest BCUT2D eigenvalue weighted by molar-refractivity contribution is 9.10. The normalized spacial score (nSPS) is 18.4. The van der Waals surface area contributed by atoms with E-state index in [0.717, 1.165) is 6.42 Å². The average Bonchev–Trinajstić information content (AvgIpc) is 2.79. The van der Waals surface area contributed by atoms with Gasteiger partial charge in [0.2, 0.25) is 5.91 Å². The highest BCUT2D eigenvalue weighted by Crippen LogP contribution is 2.28. The van der Waals surface area contributed by atoms with E-state index in [9.17, 15) is 19.7 Å². The molecule has 2 amide bonds. The SMILES string of the molecule is CCC1CC(=O)N(C(=O)c2ccc(Br)c([N+](=O)[O-])c2)C1. The molecule has 0 saturated carbocycles. The van der Waals surface area contributed by atoms with Gasteiger partial charge in [-0.15, -0.1) is 0 Å². The molecule has 1 atom stereocenters. The Bertz CT molecular complexity index is 588. The van der Waals surface area contributed by atoms with Gasteiger partial charge in [-0.2, -0.15) is 0 Å². The maximum Gasteiger partial charge on any atom is 0.284 e. The zero-order valence-electron chi connectivity index (χ0n) is 10.8. The highest BCUT2D eigenvalue weighted by atomic mass is 79.9. The molecule has 1 fully saturated rings. The van der Waals surface area contributed by atoms with Gasteiger partial charge in [-0.1, -0.05) is 13.3 Å². The van der Waals surface area contributed by atoms with E-state index in [1.807, 2.05) is 6.92 Å². The lowest BCUT2D eigenvalue weighted by Gasteiger charge is -2.14. The molecule has 0 N–H and O–H groups in total. The minimum atomic E-state index is -0.568. The second-order valence-electron chi connectivity index (χ2n) is 4.71. The van der Waals surface area contributed by atoms with Crippen molar-refractivity contribution in [1.82, 2.24) is 4.90 Å². The van der Waals surface area contributed by atoms with E-state index in [4.69, 9.17) is 0 Å². The van der Waals surface area contributed by atoms with Crippen LogP contribution in [0.1, 0.15) is 30.1 Å². The maximum absolute atomic E-state index is 12.3. The lowest BCUT2D eigenvalue weighted by Crippen LogP contribution is -2.32. The fourth-order valence-corrected chi connectivity index (χ4v) is 2.58. The number of imide groups is 1. The molecule has 1 aromatic rings. The Labute approximate surface area is 124 Å². The number of rotatable bonds is 3. The van der Waals surface area contributed by atoms with Gasteiger partial charge in [0.25, 0.3) is 11.6 Å². The Morgan fingerprint density at radius 2 is 2.25 bits per heavy atom. The molecule has 0 spiro atoms. The van der Waals surface area contributed by atoms with Crippen LogP contribution in [0.5, 0.6) is 0 Å². The summed E-state index contributed by atoms with van der Waals surface area (Å²) in [6.07, 6.45) is 1.19. The van der Waals surface area contributed by atoms with E-state index in [2.05, 4.69) is 15.9 Å². The Morgan fingerprint density at radius 1 is 1.55 bits per heavy atom.